The molecule has 0 spiro atoms. The predicted molar refractivity (Wildman–Crippen MR) is 119 cm³/mol. The van der Waals surface area contributed by atoms with Gasteiger partial charge in [0.2, 0.25) is 0 Å². The van der Waals surface area contributed by atoms with E-state index in [1.807, 2.05) is 54.6 Å². The second-order valence-electron chi connectivity index (χ2n) is 7.34. The van der Waals surface area contributed by atoms with Crippen LogP contribution in [0.5, 0.6) is 5.75 Å². The van der Waals surface area contributed by atoms with Gasteiger partial charge in [0.05, 0.1) is 18.7 Å². The average molecular weight is 413 g/mol. The van der Waals surface area contributed by atoms with E-state index in [9.17, 15) is 14.7 Å². The lowest BCUT2D eigenvalue weighted by Crippen LogP contribution is -2.31. The first kappa shape index (κ1) is 20.4. The fourth-order valence-corrected chi connectivity index (χ4v) is 3.97. The van der Waals surface area contributed by atoms with E-state index in [0.29, 0.717) is 29.8 Å². The summed E-state index contributed by atoms with van der Waals surface area (Å²) in [7, 11) is 1.55. The van der Waals surface area contributed by atoms with Crippen LogP contribution < -0.4 is 4.74 Å². The molecule has 1 aliphatic heterocycles. The maximum absolute atomic E-state index is 13.1. The summed E-state index contributed by atoms with van der Waals surface area (Å²) in [6.07, 6.45) is 0.588. The first-order valence-electron chi connectivity index (χ1n) is 10.1. The van der Waals surface area contributed by atoms with Crippen molar-refractivity contribution in [1.82, 2.24) is 4.90 Å². The number of aliphatic hydroxyl groups excluding tert-OH is 1. The van der Waals surface area contributed by atoms with Crippen LogP contribution in [-0.4, -0.2) is 35.4 Å². The van der Waals surface area contributed by atoms with Crippen molar-refractivity contribution in [3.8, 4) is 5.75 Å². The van der Waals surface area contributed by atoms with E-state index in [-0.39, 0.29) is 11.3 Å². The molecule has 0 bridgehead atoms. The van der Waals surface area contributed by atoms with Gasteiger partial charge in [-0.1, -0.05) is 78.9 Å². The molecule has 3 aromatic carbocycles. The Hall–Kier alpha value is -3.86. The van der Waals surface area contributed by atoms with Gasteiger partial charge < -0.3 is 14.7 Å². The van der Waals surface area contributed by atoms with E-state index >= 15 is 0 Å². The molecule has 1 amide bonds. The summed E-state index contributed by atoms with van der Waals surface area (Å²) >= 11 is 0. The highest BCUT2D eigenvalue weighted by Crippen LogP contribution is 2.42. The highest BCUT2D eigenvalue weighted by Gasteiger charge is 2.46. The van der Waals surface area contributed by atoms with Crippen molar-refractivity contribution >= 4 is 17.4 Å². The number of Topliss-reactive ketones (excluding diaryl/α,β-unsaturated/α-hetero) is 1. The number of hydrogen-bond donors (Lipinski definition) is 1. The van der Waals surface area contributed by atoms with Crippen LogP contribution in [0.25, 0.3) is 5.76 Å². The quantitative estimate of drug-likeness (QED) is 0.370. The lowest BCUT2D eigenvalue weighted by molar-refractivity contribution is -0.139. The lowest BCUT2D eigenvalue weighted by atomic mass is 9.94. The minimum atomic E-state index is -0.736. The predicted octanol–water partition coefficient (Wildman–Crippen LogP) is 4.36. The summed E-state index contributed by atoms with van der Waals surface area (Å²) in [5, 5.41) is 11.0. The van der Waals surface area contributed by atoms with Gasteiger partial charge in [-0.15, -0.1) is 0 Å². The third-order valence-electron chi connectivity index (χ3n) is 5.50. The normalized spacial score (nSPS) is 17.7. The Morgan fingerprint density at radius 1 is 0.903 bits per heavy atom. The molecule has 0 aromatic heterocycles. The summed E-state index contributed by atoms with van der Waals surface area (Å²) in [6, 6.07) is 25.1. The Kier molecular flexibility index (Phi) is 5.85. The van der Waals surface area contributed by atoms with Gasteiger partial charge in [-0.3, -0.25) is 9.59 Å². The molecule has 0 saturated carbocycles. The fourth-order valence-electron chi connectivity index (χ4n) is 3.97. The molecule has 1 aliphatic rings. The third kappa shape index (κ3) is 3.94. The second-order valence-corrected chi connectivity index (χ2v) is 7.34. The van der Waals surface area contributed by atoms with Crippen LogP contribution in [0, 0.1) is 0 Å². The number of likely N-dealkylation sites (tertiary alicyclic amines) is 1. The minimum absolute atomic E-state index is 0.0776. The molecule has 5 nitrogen and oxygen atoms in total. The Morgan fingerprint density at radius 3 is 2.19 bits per heavy atom. The van der Waals surface area contributed by atoms with Crippen LogP contribution >= 0.6 is 0 Å². The van der Waals surface area contributed by atoms with Crippen LogP contribution in [0.1, 0.15) is 22.7 Å². The number of carbonyl (C=O) groups is 2. The van der Waals surface area contributed by atoms with E-state index in [2.05, 4.69) is 0 Å². The van der Waals surface area contributed by atoms with Crippen molar-refractivity contribution in [3.05, 3.63) is 107 Å². The van der Waals surface area contributed by atoms with Crippen LogP contribution in [0.4, 0.5) is 0 Å². The Balaban J connectivity index is 1.82. The van der Waals surface area contributed by atoms with E-state index in [1.54, 1.807) is 37.4 Å². The van der Waals surface area contributed by atoms with Crippen molar-refractivity contribution in [2.75, 3.05) is 13.7 Å². The Labute approximate surface area is 181 Å². The zero-order valence-electron chi connectivity index (χ0n) is 17.2. The number of nitrogens with zero attached hydrogens (tertiary/aromatic N) is 1. The van der Waals surface area contributed by atoms with Crippen molar-refractivity contribution in [2.45, 2.75) is 12.5 Å². The number of amides is 1. The SMILES string of the molecule is COc1ccccc1C1C(=C(O)c2ccccc2)C(=O)C(=O)N1CCc1ccccc1. The first-order chi connectivity index (χ1) is 15.1. The second kappa shape index (κ2) is 8.88. The Morgan fingerprint density at radius 2 is 1.52 bits per heavy atom. The van der Waals surface area contributed by atoms with Gasteiger partial charge in [0, 0.05) is 17.7 Å². The number of ether oxygens (including phenoxy) is 1. The monoisotopic (exact) mass is 413 g/mol. The summed E-state index contributed by atoms with van der Waals surface area (Å²) < 4.78 is 5.52. The first-order valence-corrected chi connectivity index (χ1v) is 10.1. The van der Waals surface area contributed by atoms with Crippen LogP contribution in [-0.2, 0) is 16.0 Å². The highest BCUT2D eigenvalue weighted by atomic mass is 16.5. The molecular formula is C26H23NO4. The molecule has 31 heavy (non-hydrogen) atoms. The van der Waals surface area contributed by atoms with Crippen LogP contribution in [0.3, 0.4) is 0 Å². The van der Waals surface area contributed by atoms with E-state index in [0.717, 1.165) is 5.56 Å². The summed E-state index contributed by atoms with van der Waals surface area (Å²) in [5.41, 5.74) is 2.29. The van der Waals surface area contributed by atoms with Gasteiger partial charge in [0.15, 0.2) is 0 Å². The zero-order chi connectivity index (χ0) is 21.8. The highest BCUT2D eigenvalue weighted by molar-refractivity contribution is 6.46. The van der Waals surface area contributed by atoms with Crippen LogP contribution in [0.15, 0.2) is 90.5 Å². The number of ketones is 1. The molecule has 1 atom stereocenters. The van der Waals surface area contributed by atoms with Gasteiger partial charge in [0.25, 0.3) is 11.7 Å². The van der Waals surface area contributed by atoms with Crippen molar-refractivity contribution in [3.63, 3.8) is 0 Å². The fraction of sp³-hybridized carbons (Fsp3) is 0.154. The molecule has 1 N–H and O–H groups in total. The molecule has 4 rings (SSSR count). The molecule has 156 valence electrons. The number of carbonyl (C=O) groups excluding carboxylic acids is 2. The molecule has 0 aliphatic carbocycles. The standard InChI is InChI=1S/C26H23NO4/c1-31-21-15-9-8-14-20(21)23-22(24(28)19-12-6-3-7-13-19)25(29)26(30)27(23)17-16-18-10-4-2-5-11-18/h2-15,23,28H,16-17H2,1H3. The average Bonchev–Trinajstić information content (AvgIpc) is 3.08. The molecule has 1 heterocycles. The molecular weight excluding hydrogens is 390 g/mol. The minimum Gasteiger partial charge on any atom is -0.507 e. The number of methoxy groups -OCH3 is 1. The topological polar surface area (TPSA) is 66.8 Å². The molecule has 0 radical (unpaired) electrons. The summed E-state index contributed by atoms with van der Waals surface area (Å²) in [4.78, 5) is 27.7. The molecule has 1 saturated heterocycles. The third-order valence-corrected chi connectivity index (χ3v) is 5.50. The number of para-hydroxylation sites is 1. The number of benzene rings is 3. The number of aliphatic hydroxyl groups is 1. The van der Waals surface area contributed by atoms with Crippen molar-refractivity contribution < 1.29 is 19.4 Å². The number of rotatable bonds is 6. The van der Waals surface area contributed by atoms with Gasteiger partial charge in [0.1, 0.15) is 11.5 Å². The molecule has 3 aromatic rings. The van der Waals surface area contributed by atoms with Crippen molar-refractivity contribution in [1.29, 1.82) is 0 Å². The van der Waals surface area contributed by atoms with Gasteiger partial charge in [-0.25, -0.2) is 0 Å². The van der Waals surface area contributed by atoms with Gasteiger partial charge in [-0.05, 0) is 18.1 Å². The molecule has 1 unspecified atom stereocenters. The summed E-state index contributed by atoms with van der Waals surface area (Å²) in [5.74, 6) is -0.940. The Bertz CT molecular complexity index is 1120. The largest absolute Gasteiger partial charge is 0.507 e. The van der Waals surface area contributed by atoms with Crippen molar-refractivity contribution in [2.24, 2.45) is 0 Å². The van der Waals surface area contributed by atoms with Gasteiger partial charge >= 0.3 is 0 Å². The zero-order valence-corrected chi connectivity index (χ0v) is 17.2. The van der Waals surface area contributed by atoms with E-state index < -0.39 is 17.7 Å². The maximum Gasteiger partial charge on any atom is 0.295 e. The molecule has 1 fully saturated rings. The number of hydrogen-bond acceptors (Lipinski definition) is 4. The van der Waals surface area contributed by atoms with E-state index in [1.165, 1.54) is 4.90 Å². The molecule has 5 heteroatoms. The smallest absolute Gasteiger partial charge is 0.295 e. The lowest BCUT2D eigenvalue weighted by Gasteiger charge is -2.26. The maximum atomic E-state index is 13.1. The van der Waals surface area contributed by atoms with Gasteiger partial charge in [-0.2, -0.15) is 0 Å². The van der Waals surface area contributed by atoms with Crippen LogP contribution in [0.2, 0.25) is 0 Å². The summed E-state index contributed by atoms with van der Waals surface area (Å²) in [6.45, 7) is 0.336. The van der Waals surface area contributed by atoms with E-state index in [4.69, 9.17) is 4.74 Å².